The van der Waals surface area contributed by atoms with Crippen LogP contribution in [0.25, 0.3) is 0 Å². The molecule has 1 aromatic heterocycles. The number of nitrogen functional groups attached to an aromatic ring is 1. The van der Waals surface area contributed by atoms with E-state index in [2.05, 4.69) is 10.3 Å². The summed E-state index contributed by atoms with van der Waals surface area (Å²) in [6.07, 6.45) is -0.442. The number of rotatable bonds is 4. The molecule has 0 saturated carbocycles. The third kappa shape index (κ3) is 2.77. The van der Waals surface area contributed by atoms with Crippen molar-refractivity contribution >= 4 is 11.5 Å². The SMILES string of the molecule is COc1ccc(N)c(NCC(C)O)n1. The first-order valence-electron chi connectivity index (χ1n) is 4.36. The molecule has 0 aromatic carbocycles. The Balaban J connectivity index is 2.73. The molecule has 1 heterocycles. The first kappa shape index (κ1) is 10.6. The Morgan fingerprint density at radius 2 is 2.36 bits per heavy atom. The fourth-order valence-corrected chi connectivity index (χ4v) is 0.952. The van der Waals surface area contributed by atoms with Crippen LogP contribution in [0, 0.1) is 0 Å². The molecule has 1 rings (SSSR count). The van der Waals surface area contributed by atoms with Crippen LogP contribution in [-0.4, -0.2) is 29.8 Å². The number of nitrogens with two attached hydrogens (primary N) is 1. The Morgan fingerprint density at radius 1 is 1.64 bits per heavy atom. The summed E-state index contributed by atoms with van der Waals surface area (Å²) in [5, 5.41) is 12.0. The highest BCUT2D eigenvalue weighted by Crippen LogP contribution is 2.19. The van der Waals surface area contributed by atoms with Crippen LogP contribution < -0.4 is 15.8 Å². The molecule has 0 spiro atoms. The molecule has 0 bridgehead atoms. The molecule has 5 heteroatoms. The summed E-state index contributed by atoms with van der Waals surface area (Å²) < 4.78 is 4.95. The van der Waals surface area contributed by atoms with E-state index in [4.69, 9.17) is 15.6 Å². The Kier molecular flexibility index (Phi) is 3.53. The van der Waals surface area contributed by atoms with Gasteiger partial charge in [-0.25, -0.2) is 0 Å². The van der Waals surface area contributed by atoms with Gasteiger partial charge in [0.25, 0.3) is 0 Å². The van der Waals surface area contributed by atoms with Gasteiger partial charge in [0.05, 0.1) is 18.9 Å². The molecule has 0 amide bonds. The van der Waals surface area contributed by atoms with E-state index >= 15 is 0 Å². The van der Waals surface area contributed by atoms with E-state index in [1.54, 1.807) is 19.1 Å². The predicted molar refractivity (Wildman–Crippen MR) is 55.4 cm³/mol. The number of hydrogen-bond donors (Lipinski definition) is 3. The predicted octanol–water partition coefficient (Wildman–Crippen LogP) is 0.465. The first-order valence-corrected chi connectivity index (χ1v) is 4.36. The molecule has 0 aliphatic heterocycles. The average Bonchev–Trinajstić information content (AvgIpc) is 2.16. The Labute approximate surface area is 82.9 Å². The third-order valence-corrected chi connectivity index (χ3v) is 1.67. The van der Waals surface area contributed by atoms with E-state index in [9.17, 15) is 0 Å². The molecule has 14 heavy (non-hydrogen) atoms. The molecule has 0 radical (unpaired) electrons. The van der Waals surface area contributed by atoms with Crippen molar-refractivity contribution < 1.29 is 9.84 Å². The smallest absolute Gasteiger partial charge is 0.215 e. The molecule has 0 aliphatic carbocycles. The highest BCUT2D eigenvalue weighted by molar-refractivity contribution is 5.61. The first-order chi connectivity index (χ1) is 6.63. The number of pyridine rings is 1. The van der Waals surface area contributed by atoms with Crippen molar-refractivity contribution in [2.45, 2.75) is 13.0 Å². The highest BCUT2D eigenvalue weighted by Gasteiger charge is 2.03. The summed E-state index contributed by atoms with van der Waals surface area (Å²) in [6.45, 7) is 2.09. The summed E-state index contributed by atoms with van der Waals surface area (Å²) in [5.41, 5.74) is 6.20. The van der Waals surface area contributed by atoms with Crippen LogP contribution in [-0.2, 0) is 0 Å². The van der Waals surface area contributed by atoms with E-state index in [0.29, 0.717) is 23.9 Å². The molecule has 1 unspecified atom stereocenters. The van der Waals surface area contributed by atoms with Gasteiger partial charge >= 0.3 is 0 Å². The fraction of sp³-hybridized carbons (Fsp3) is 0.444. The molecule has 0 aliphatic rings. The van der Waals surface area contributed by atoms with Crippen molar-refractivity contribution in [2.24, 2.45) is 0 Å². The minimum atomic E-state index is -0.442. The maximum atomic E-state index is 9.07. The van der Waals surface area contributed by atoms with Crippen LogP contribution in [0.4, 0.5) is 11.5 Å². The summed E-state index contributed by atoms with van der Waals surface area (Å²) >= 11 is 0. The fourth-order valence-electron chi connectivity index (χ4n) is 0.952. The van der Waals surface area contributed by atoms with Gasteiger partial charge < -0.3 is 20.9 Å². The van der Waals surface area contributed by atoms with Crippen molar-refractivity contribution in [3.8, 4) is 5.88 Å². The lowest BCUT2D eigenvalue weighted by Crippen LogP contribution is -2.17. The zero-order chi connectivity index (χ0) is 10.6. The van der Waals surface area contributed by atoms with Crippen molar-refractivity contribution in [3.63, 3.8) is 0 Å². The van der Waals surface area contributed by atoms with Crippen LogP contribution in [0.15, 0.2) is 12.1 Å². The van der Waals surface area contributed by atoms with Crippen LogP contribution in [0.1, 0.15) is 6.92 Å². The molecule has 0 saturated heterocycles. The van der Waals surface area contributed by atoms with E-state index in [1.807, 2.05) is 0 Å². The number of anilines is 2. The van der Waals surface area contributed by atoms with E-state index in [-0.39, 0.29) is 0 Å². The van der Waals surface area contributed by atoms with Gasteiger partial charge in [-0.05, 0) is 13.0 Å². The monoisotopic (exact) mass is 197 g/mol. The van der Waals surface area contributed by atoms with Gasteiger partial charge in [0.15, 0.2) is 5.82 Å². The second-order valence-electron chi connectivity index (χ2n) is 3.02. The molecule has 5 nitrogen and oxygen atoms in total. The lowest BCUT2D eigenvalue weighted by atomic mass is 10.3. The van der Waals surface area contributed by atoms with Crippen molar-refractivity contribution in [1.29, 1.82) is 0 Å². The zero-order valence-electron chi connectivity index (χ0n) is 8.32. The molecular weight excluding hydrogens is 182 g/mol. The number of hydrogen-bond acceptors (Lipinski definition) is 5. The topological polar surface area (TPSA) is 80.4 Å². The summed E-state index contributed by atoms with van der Waals surface area (Å²) in [6, 6.07) is 3.39. The second-order valence-corrected chi connectivity index (χ2v) is 3.02. The lowest BCUT2D eigenvalue weighted by Gasteiger charge is -2.10. The molecule has 1 aromatic rings. The van der Waals surface area contributed by atoms with Gasteiger partial charge in [-0.3, -0.25) is 0 Å². The Bertz CT molecular complexity index is 302. The number of nitrogens with one attached hydrogen (secondary N) is 1. The number of aliphatic hydroxyl groups excluding tert-OH is 1. The van der Waals surface area contributed by atoms with Crippen LogP contribution >= 0.6 is 0 Å². The standard InChI is InChI=1S/C9H15N3O2/c1-6(13)5-11-9-7(10)3-4-8(12-9)14-2/h3-4,6,13H,5,10H2,1-2H3,(H,11,12). The quantitative estimate of drug-likeness (QED) is 0.653. The number of ether oxygens (including phenoxy) is 1. The maximum Gasteiger partial charge on any atom is 0.215 e. The molecule has 1 atom stereocenters. The number of methoxy groups -OCH3 is 1. The Hall–Kier alpha value is -1.49. The molecule has 78 valence electrons. The van der Waals surface area contributed by atoms with Crippen LogP contribution in [0.3, 0.4) is 0 Å². The maximum absolute atomic E-state index is 9.07. The van der Waals surface area contributed by atoms with Gasteiger partial charge in [-0.2, -0.15) is 4.98 Å². The summed E-state index contributed by atoms with van der Waals surface area (Å²) in [7, 11) is 1.54. The number of aliphatic hydroxyl groups is 1. The third-order valence-electron chi connectivity index (χ3n) is 1.67. The van der Waals surface area contributed by atoms with Crippen molar-refractivity contribution in [3.05, 3.63) is 12.1 Å². The van der Waals surface area contributed by atoms with Gasteiger partial charge in [0, 0.05) is 12.6 Å². The van der Waals surface area contributed by atoms with Gasteiger partial charge in [0.2, 0.25) is 5.88 Å². The number of aromatic nitrogens is 1. The summed E-state index contributed by atoms with van der Waals surface area (Å²) in [4.78, 5) is 4.09. The van der Waals surface area contributed by atoms with Crippen molar-refractivity contribution in [1.82, 2.24) is 4.98 Å². The molecule has 4 N–H and O–H groups in total. The average molecular weight is 197 g/mol. The van der Waals surface area contributed by atoms with Crippen LogP contribution in [0.2, 0.25) is 0 Å². The van der Waals surface area contributed by atoms with Gasteiger partial charge in [-0.1, -0.05) is 0 Å². The lowest BCUT2D eigenvalue weighted by molar-refractivity contribution is 0.208. The molecular formula is C9H15N3O2. The number of nitrogens with zero attached hydrogens (tertiary/aromatic N) is 1. The minimum absolute atomic E-state index is 0.407. The Morgan fingerprint density at radius 3 is 2.93 bits per heavy atom. The molecule has 0 fully saturated rings. The van der Waals surface area contributed by atoms with Gasteiger partial charge in [-0.15, -0.1) is 0 Å². The largest absolute Gasteiger partial charge is 0.481 e. The van der Waals surface area contributed by atoms with Crippen LogP contribution in [0.5, 0.6) is 5.88 Å². The zero-order valence-corrected chi connectivity index (χ0v) is 8.32. The van der Waals surface area contributed by atoms with E-state index < -0.39 is 6.10 Å². The van der Waals surface area contributed by atoms with E-state index in [1.165, 1.54) is 7.11 Å². The summed E-state index contributed by atoms with van der Waals surface area (Å²) in [5.74, 6) is 1.03. The van der Waals surface area contributed by atoms with Crippen molar-refractivity contribution in [2.75, 3.05) is 24.7 Å². The minimum Gasteiger partial charge on any atom is -0.481 e. The normalized spacial score (nSPS) is 12.2. The highest BCUT2D eigenvalue weighted by atomic mass is 16.5. The van der Waals surface area contributed by atoms with Gasteiger partial charge in [0.1, 0.15) is 0 Å². The van der Waals surface area contributed by atoms with E-state index in [0.717, 1.165) is 0 Å². The second kappa shape index (κ2) is 4.66.